The Morgan fingerprint density at radius 3 is 2.57 bits per heavy atom. The van der Waals surface area contributed by atoms with Gasteiger partial charge in [0.1, 0.15) is 11.5 Å². The van der Waals surface area contributed by atoms with Crippen molar-refractivity contribution in [2.24, 2.45) is 0 Å². The Kier molecular flexibility index (Phi) is 6.28. The zero-order valence-electron chi connectivity index (χ0n) is 13.7. The molecule has 0 aliphatic carbocycles. The van der Waals surface area contributed by atoms with Crippen LogP contribution >= 0.6 is 0 Å². The van der Waals surface area contributed by atoms with E-state index in [1.54, 1.807) is 11.1 Å². The Morgan fingerprint density at radius 1 is 1.26 bits per heavy atom. The highest BCUT2D eigenvalue weighted by atomic mass is 16.2. The molecule has 0 saturated carbocycles. The van der Waals surface area contributed by atoms with Gasteiger partial charge in [-0.2, -0.15) is 0 Å². The van der Waals surface area contributed by atoms with E-state index >= 15 is 0 Å². The van der Waals surface area contributed by atoms with Crippen molar-refractivity contribution in [2.45, 2.75) is 6.42 Å². The third-order valence-corrected chi connectivity index (χ3v) is 3.73. The number of hydrogen-bond acceptors (Lipinski definition) is 6. The fourth-order valence-electron chi connectivity index (χ4n) is 2.35. The molecule has 0 bridgehead atoms. The molecule has 1 N–H and O–H groups in total. The lowest BCUT2D eigenvalue weighted by Gasteiger charge is -2.33. The maximum absolute atomic E-state index is 12.0. The maximum atomic E-state index is 12.0. The smallest absolute Gasteiger partial charge is 0.271 e. The normalized spacial score (nSPS) is 14.9. The molecule has 126 valence electrons. The van der Waals surface area contributed by atoms with Gasteiger partial charge < -0.3 is 20.0 Å². The van der Waals surface area contributed by atoms with E-state index in [2.05, 4.69) is 25.1 Å². The standard InChI is InChI=1S/C15H24N6O2/c1-19(2)5-3-4-16-15(23)13-10-18-14(11-17-13)21-8-6-20(12-22)7-9-21/h10-12H,3-9H2,1-2H3,(H,16,23). The predicted octanol–water partition coefficient (Wildman–Crippen LogP) is -0.563. The van der Waals surface area contributed by atoms with E-state index in [9.17, 15) is 9.59 Å². The van der Waals surface area contributed by atoms with Crippen LogP contribution in [0.5, 0.6) is 0 Å². The lowest BCUT2D eigenvalue weighted by Crippen LogP contribution is -2.46. The Labute approximate surface area is 136 Å². The summed E-state index contributed by atoms with van der Waals surface area (Å²) < 4.78 is 0. The van der Waals surface area contributed by atoms with Gasteiger partial charge in [-0.3, -0.25) is 9.59 Å². The first-order chi connectivity index (χ1) is 11.1. The molecule has 1 fully saturated rings. The molecule has 8 heteroatoms. The van der Waals surface area contributed by atoms with Crippen molar-refractivity contribution >= 4 is 18.1 Å². The highest BCUT2D eigenvalue weighted by molar-refractivity contribution is 5.91. The molecule has 0 atom stereocenters. The fourth-order valence-corrected chi connectivity index (χ4v) is 2.35. The van der Waals surface area contributed by atoms with E-state index in [1.165, 1.54) is 6.20 Å². The second-order valence-electron chi connectivity index (χ2n) is 5.80. The number of piperazine rings is 1. The summed E-state index contributed by atoms with van der Waals surface area (Å²) in [4.78, 5) is 37.1. The lowest BCUT2D eigenvalue weighted by atomic mass is 10.3. The number of carbonyl (C=O) groups excluding carboxylic acids is 2. The molecular weight excluding hydrogens is 296 g/mol. The van der Waals surface area contributed by atoms with Crippen LogP contribution < -0.4 is 10.2 Å². The molecular formula is C15H24N6O2. The molecule has 2 heterocycles. The highest BCUT2D eigenvalue weighted by Gasteiger charge is 2.17. The molecule has 0 spiro atoms. The quantitative estimate of drug-likeness (QED) is 0.536. The number of carbonyl (C=O) groups is 2. The van der Waals surface area contributed by atoms with Crippen molar-refractivity contribution in [3.63, 3.8) is 0 Å². The van der Waals surface area contributed by atoms with Crippen LogP contribution in [0.3, 0.4) is 0 Å². The van der Waals surface area contributed by atoms with Gasteiger partial charge in [0, 0.05) is 32.7 Å². The summed E-state index contributed by atoms with van der Waals surface area (Å²) in [5, 5.41) is 2.84. The van der Waals surface area contributed by atoms with Gasteiger partial charge in [0.05, 0.1) is 12.4 Å². The average molecular weight is 320 g/mol. The molecule has 0 radical (unpaired) electrons. The second-order valence-corrected chi connectivity index (χ2v) is 5.80. The summed E-state index contributed by atoms with van der Waals surface area (Å²) in [6.07, 6.45) is 4.88. The monoisotopic (exact) mass is 320 g/mol. The molecule has 1 aliphatic heterocycles. The number of amides is 2. The molecule has 2 amide bonds. The molecule has 1 aromatic heterocycles. The highest BCUT2D eigenvalue weighted by Crippen LogP contribution is 2.11. The van der Waals surface area contributed by atoms with E-state index in [0.717, 1.165) is 38.3 Å². The Balaban J connectivity index is 1.82. The van der Waals surface area contributed by atoms with Crippen molar-refractivity contribution in [1.82, 2.24) is 25.1 Å². The summed E-state index contributed by atoms with van der Waals surface area (Å²) in [5.41, 5.74) is 0.324. The number of aromatic nitrogens is 2. The van der Waals surface area contributed by atoms with E-state index in [-0.39, 0.29) is 5.91 Å². The SMILES string of the molecule is CN(C)CCCNC(=O)c1cnc(N2CCN(C=O)CC2)cn1. The summed E-state index contributed by atoms with van der Waals surface area (Å²) in [7, 11) is 4.00. The summed E-state index contributed by atoms with van der Waals surface area (Å²) in [5.74, 6) is 0.535. The molecule has 8 nitrogen and oxygen atoms in total. The van der Waals surface area contributed by atoms with Crippen LogP contribution in [0, 0.1) is 0 Å². The van der Waals surface area contributed by atoms with Gasteiger partial charge in [0.15, 0.2) is 0 Å². The minimum atomic E-state index is -0.200. The molecule has 1 aromatic rings. The average Bonchev–Trinajstić information content (AvgIpc) is 2.58. The Morgan fingerprint density at radius 2 is 2.00 bits per heavy atom. The van der Waals surface area contributed by atoms with Crippen LogP contribution in [0.15, 0.2) is 12.4 Å². The second kappa shape index (κ2) is 8.42. The minimum absolute atomic E-state index is 0.200. The minimum Gasteiger partial charge on any atom is -0.352 e. The molecule has 2 rings (SSSR count). The maximum Gasteiger partial charge on any atom is 0.271 e. The van der Waals surface area contributed by atoms with Crippen LogP contribution in [-0.4, -0.2) is 85.4 Å². The molecule has 1 aliphatic rings. The van der Waals surface area contributed by atoms with Gasteiger partial charge in [0.2, 0.25) is 6.41 Å². The third kappa shape index (κ3) is 5.17. The summed E-state index contributed by atoms with van der Waals surface area (Å²) >= 11 is 0. The van der Waals surface area contributed by atoms with Crippen molar-refractivity contribution in [1.29, 1.82) is 0 Å². The van der Waals surface area contributed by atoms with E-state index < -0.39 is 0 Å². The number of nitrogens with one attached hydrogen (secondary N) is 1. The van der Waals surface area contributed by atoms with Gasteiger partial charge in [-0.25, -0.2) is 9.97 Å². The van der Waals surface area contributed by atoms with Gasteiger partial charge >= 0.3 is 0 Å². The predicted molar refractivity (Wildman–Crippen MR) is 87.4 cm³/mol. The van der Waals surface area contributed by atoms with Crippen molar-refractivity contribution in [3.8, 4) is 0 Å². The molecule has 0 aromatic carbocycles. The van der Waals surface area contributed by atoms with Crippen molar-refractivity contribution in [2.75, 3.05) is 58.3 Å². The van der Waals surface area contributed by atoms with Crippen LogP contribution in [0.1, 0.15) is 16.9 Å². The zero-order chi connectivity index (χ0) is 16.7. The Hall–Kier alpha value is -2.22. The first kappa shape index (κ1) is 17.1. The van der Waals surface area contributed by atoms with Gasteiger partial charge in [0.25, 0.3) is 5.91 Å². The Bertz CT molecular complexity index is 511. The van der Waals surface area contributed by atoms with E-state index in [0.29, 0.717) is 25.3 Å². The molecule has 0 unspecified atom stereocenters. The van der Waals surface area contributed by atoms with Crippen molar-refractivity contribution < 1.29 is 9.59 Å². The van der Waals surface area contributed by atoms with Gasteiger partial charge in [-0.05, 0) is 27.1 Å². The number of rotatable bonds is 7. The number of hydrogen-bond donors (Lipinski definition) is 1. The molecule has 1 saturated heterocycles. The van der Waals surface area contributed by atoms with E-state index in [1.807, 2.05) is 14.1 Å². The van der Waals surface area contributed by atoms with Crippen LogP contribution in [0.2, 0.25) is 0 Å². The van der Waals surface area contributed by atoms with Crippen molar-refractivity contribution in [3.05, 3.63) is 18.1 Å². The zero-order valence-corrected chi connectivity index (χ0v) is 13.7. The summed E-state index contributed by atoms with van der Waals surface area (Å²) in [6.45, 7) is 4.36. The first-order valence-electron chi connectivity index (χ1n) is 7.79. The van der Waals surface area contributed by atoms with Crippen LogP contribution in [-0.2, 0) is 4.79 Å². The summed E-state index contributed by atoms with van der Waals surface area (Å²) in [6, 6.07) is 0. The van der Waals surface area contributed by atoms with Crippen LogP contribution in [0.25, 0.3) is 0 Å². The van der Waals surface area contributed by atoms with Gasteiger partial charge in [-0.15, -0.1) is 0 Å². The number of anilines is 1. The van der Waals surface area contributed by atoms with Crippen LogP contribution in [0.4, 0.5) is 5.82 Å². The fraction of sp³-hybridized carbons (Fsp3) is 0.600. The lowest BCUT2D eigenvalue weighted by molar-refractivity contribution is -0.118. The number of nitrogens with zero attached hydrogens (tertiary/aromatic N) is 5. The van der Waals surface area contributed by atoms with E-state index in [4.69, 9.17) is 0 Å². The third-order valence-electron chi connectivity index (χ3n) is 3.73. The topological polar surface area (TPSA) is 81.7 Å². The van der Waals surface area contributed by atoms with Gasteiger partial charge in [-0.1, -0.05) is 0 Å². The molecule has 23 heavy (non-hydrogen) atoms. The first-order valence-corrected chi connectivity index (χ1v) is 7.79. The largest absolute Gasteiger partial charge is 0.352 e.